The van der Waals surface area contributed by atoms with Crippen LogP contribution in [-0.2, 0) is 13.0 Å². The topological polar surface area (TPSA) is 63.8 Å². The van der Waals surface area contributed by atoms with E-state index in [4.69, 9.17) is 5.73 Å². The fourth-order valence-electron chi connectivity index (χ4n) is 1.60. The first kappa shape index (κ1) is 11.4. The molecule has 4 nitrogen and oxygen atoms in total. The highest BCUT2D eigenvalue weighted by Gasteiger charge is 1.99. The molecule has 0 aliphatic rings. The third-order valence-corrected chi connectivity index (χ3v) is 2.58. The molecule has 0 radical (unpaired) electrons. The van der Waals surface area contributed by atoms with Gasteiger partial charge in [0, 0.05) is 24.6 Å². The van der Waals surface area contributed by atoms with E-state index in [1.807, 2.05) is 18.3 Å². The summed E-state index contributed by atoms with van der Waals surface area (Å²) in [6.45, 7) is 2.84. The number of hydrogen-bond donors (Lipinski definition) is 2. The monoisotopic (exact) mass is 228 g/mol. The molecule has 0 bridgehead atoms. The van der Waals surface area contributed by atoms with Crippen molar-refractivity contribution in [3.8, 4) is 0 Å². The molecule has 0 saturated carbocycles. The normalized spacial score (nSPS) is 10.2. The zero-order chi connectivity index (χ0) is 12.1. The van der Waals surface area contributed by atoms with E-state index in [2.05, 4.69) is 28.3 Å². The molecule has 0 amide bonds. The molecule has 88 valence electrons. The molecule has 0 aromatic carbocycles. The van der Waals surface area contributed by atoms with Crippen LogP contribution in [0.3, 0.4) is 0 Å². The number of hydrogen-bond acceptors (Lipinski definition) is 4. The maximum Gasteiger partial charge on any atom is 0.0736 e. The Balaban J connectivity index is 2.05. The van der Waals surface area contributed by atoms with Crippen molar-refractivity contribution < 1.29 is 0 Å². The van der Waals surface area contributed by atoms with E-state index in [9.17, 15) is 0 Å². The lowest BCUT2D eigenvalue weighted by molar-refractivity contribution is 1.01. The number of nitrogen functional groups attached to an aromatic ring is 1. The van der Waals surface area contributed by atoms with Gasteiger partial charge in [0.05, 0.1) is 17.6 Å². The summed E-state index contributed by atoms with van der Waals surface area (Å²) in [5.74, 6) is 0. The highest BCUT2D eigenvalue weighted by Crippen LogP contribution is 2.16. The second kappa shape index (κ2) is 5.30. The van der Waals surface area contributed by atoms with E-state index in [0.29, 0.717) is 5.69 Å². The molecule has 0 atom stereocenters. The minimum absolute atomic E-state index is 0.664. The van der Waals surface area contributed by atoms with Gasteiger partial charge in [0.15, 0.2) is 0 Å². The number of aromatic nitrogens is 2. The SMILES string of the molecule is CCc1cc(CNc2ccncc2N)ccn1. The Hall–Kier alpha value is -2.10. The van der Waals surface area contributed by atoms with E-state index in [1.54, 1.807) is 12.4 Å². The average molecular weight is 228 g/mol. The average Bonchev–Trinajstić information content (AvgIpc) is 2.38. The lowest BCUT2D eigenvalue weighted by atomic mass is 10.2. The van der Waals surface area contributed by atoms with Crippen molar-refractivity contribution in [2.75, 3.05) is 11.1 Å². The number of pyridine rings is 2. The Morgan fingerprint density at radius 2 is 2.18 bits per heavy atom. The van der Waals surface area contributed by atoms with Crippen molar-refractivity contribution in [3.05, 3.63) is 48.0 Å². The first-order valence-corrected chi connectivity index (χ1v) is 5.66. The molecule has 2 rings (SSSR count). The fourth-order valence-corrected chi connectivity index (χ4v) is 1.60. The van der Waals surface area contributed by atoms with Gasteiger partial charge in [-0.2, -0.15) is 0 Å². The Morgan fingerprint density at radius 3 is 2.94 bits per heavy atom. The van der Waals surface area contributed by atoms with Crippen molar-refractivity contribution in [1.82, 2.24) is 9.97 Å². The molecule has 3 N–H and O–H groups in total. The molecular weight excluding hydrogens is 212 g/mol. The molecular formula is C13H16N4. The molecule has 0 aliphatic heterocycles. The minimum atomic E-state index is 0.664. The van der Waals surface area contributed by atoms with Crippen LogP contribution in [0.2, 0.25) is 0 Å². The van der Waals surface area contributed by atoms with Crippen LogP contribution < -0.4 is 11.1 Å². The number of nitrogens with two attached hydrogens (primary N) is 1. The largest absolute Gasteiger partial charge is 0.396 e. The third-order valence-electron chi connectivity index (χ3n) is 2.58. The number of aryl methyl sites for hydroxylation is 1. The van der Waals surface area contributed by atoms with Crippen LogP contribution in [-0.4, -0.2) is 9.97 Å². The van der Waals surface area contributed by atoms with Gasteiger partial charge < -0.3 is 11.1 Å². The van der Waals surface area contributed by atoms with Crippen LogP contribution in [0.15, 0.2) is 36.8 Å². The van der Waals surface area contributed by atoms with Gasteiger partial charge in [0.25, 0.3) is 0 Å². The van der Waals surface area contributed by atoms with Gasteiger partial charge in [0.1, 0.15) is 0 Å². The molecule has 17 heavy (non-hydrogen) atoms. The molecule has 2 aromatic rings. The summed E-state index contributed by atoms with van der Waals surface area (Å²) in [5.41, 5.74) is 9.69. The fraction of sp³-hybridized carbons (Fsp3) is 0.231. The molecule has 2 aromatic heterocycles. The number of anilines is 2. The Labute approximate surface area is 101 Å². The summed E-state index contributed by atoms with van der Waals surface area (Å²) >= 11 is 0. The highest BCUT2D eigenvalue weighted by molar-refractivity contribution is 5.64. The molecule has 4 heteroatoms. The van der Waals surface area contributed by atoms with Gasteiger partial charge in [-0.1, -0.05) is 6.92 Å². The van der Waals surface area contributed by atoms with Crippen molar-refractivity contribution in [1.29, 1.82) is 0 Å². The summed E-state index contributed by atoms with van der Waals surface area (Å²) in [5, 5.41) is 3.29. The zero-order valence-electron chi connectivity index (χ0n) is 9.85. The standard InChI is InChI=1S/C13H16N4/c1-2-11-7-10(3-6-16-11)8-17-13-4-5-15-9-12(13)14/h3-7,9H,2,8,14H2,1H3,(H,15,17). The van der Waals surface area contributed by atoms with Gasteiger partial charge >= 0.3 is 0 Å². The van der Waals surface area contributed by atoms with Crippen LogP contribution in [0, 0.1) is 0 Å². The molecule has 0 unspecified atom stereocenters. The molecule has 2 heterocycles. The van der Waals surface area contributed by atoms with Gasteiger partial charge in [-0.05, 0) is 30.2 Å². The summed E-state index contributed by atoms with van der Waals surface area (Å²) in [6, 6.07) is 5.98. The first-order valence-electron chi connectivity index (χ1n) is 5.66. The maximum atomic E-state index is 5.80. The Bertz CT molecular complexity index is 496. The summed E-state index contributed by atoms with van der Waals surface area (Å²) < 4.78 is 0. The van der Waals surface area contributed by atoms with Gasteiger partial charge in [-0.15, -0.1) is 0 Å². The maximum absolute atomic E-state index is 5.80. The molecule has 0 fully saturated rings. The highest BCUT2D eigenvalue weighted by atomic mass is 14.9. The van der Waals surface area contributed by atoms with Crippen LogP contribution in [0.4, 0.5) is 11.4 Å². The zero-order valence-corrected chi connectivity index (χ0v) is 9.85. The first-order chi connectivity index (χ1) is 8.29. The lowest BCUT2D eigenvalue weighted by Crippen LogP contribution is -2.03. The van der Waals surface area contributed by atoms with E-state index in [0.717, 1.165) is 24.3 Å². The number of nitrogens with one attached hydrogen (secondary N) is 1. The molecule has 0 saturated heterocycles. The van der Waals surface area contributed by atoms with Gasteiger partial charge in [-0.25, -0.2) is 0 Å². The molecule has 0 aliphatic carbocycles. The predicted molar refractivity (Wildman–Crippen MR) is 69.6 cm³/mol. The second-order valence-electron chi connectivity index (χ2n) is 3.83. The van der Waals surface area contributed by atoms with Crippen LogP contribution >= 0.6 is 0 Å². The van der Waals surface area contributed by atoms with E-state index in [1.165, 1.54) is 5.56 Å². The van der Waals surface area contributed by atoms with Crippen molar-refractivity contribution >= 4 is 11.4 Å². The number of nitrogens with zero attached hydrogens (tertiary/aromatic N) is 2. The minimum Gasteiger partial charge on any atom is -0.396 e. The smallest absolute Gasteiger partial charge is 0.0736 e. The van der Waals surface area contributed by atoms with Crippen LogP contribution in [0.1, 0.15) is 18.2 Å². The van der Waals surface area contributed by atoms with Crippen molar-refractivity contribution in [2.24, 2.45) is 0 Å². The summed E-state index contributed by atoms with van der Waals surface area (Å²) in [6.07, 6.45) is 6.16. The van der Waals surface area contributed by atoms with Gasteiger partial charge in [0.2, 0.25) is 0 Å². The van der Waals surface area contributed by atoms with Gasteiger partial charge in [-0.3, -0.25) is 9.97 Å². The second-order valence-corrected chi connectivity index (χ2v) is 3.83. The van der Waals surface area contributed by atoms with Crippen LogP contribution in [0.5, 0.6) is 0 Å². The van der Waals surface area contributed by atoms with E-state index in [-0.39, 0.29) is 0 Å². The van der Waals surface area contributed by atoms with Crippen molar-refractivity contribution in [2.45, 2.75) is 19.9 Å². The number of rotatable bonds is 4. The van der Waals surface area contributed by atoms with Crippen LogP contribution in [0.25, 0.3) is 0 Å². The van der Waals surface area contributed by atoms with E-state index < -0.39 is 0 Å². The van der Waals surface area contributed by atoms with E-state index >= 15 is 0 Å². The lowest BCUT2D eigenvalue weighted by Gasteiger charge is -2.09. The third kappa shape index (κ3) is 2.93. The Kier molecular flexibility index (Phi) is 3.55. The van der Waals surface area contributed by atoms with Crippen molar-refractivity contribution in [3.63, 3.8) is 0 Å². The summed E-state index contributed by atoms with van der Waals surface area (Å²) in [7, 11) is 0. The molecule has 0 spiro atoms. The summed E-state index contributed by atoms with van der Waals surface area (Å²) in [4.78, 5) is 8.22. The Morgan fingerprint density at radius 1 is 1.29 bits per heavy atom. The quantitative estimate of drug-likeness (QED) is 0.842. The predicted octanol–water partition coefficient (Wildman–Crippen LogP) is 2.23.